The Balaban J connectivity index is 1.00. The van der Waals surface area contributed by atoms with E-state index in [0.29, 0.717) is 28.9 Å². The van der Waals surface area contributed by atoms with E-state index in [-0.39, 0.29) is 0 Å². The van der Waals surface area contributed by atoms with Gasteiger partial charge in [-0.3, -0.25) is 0 Å². The minimum atomic E-state index is 0.570. The monoisotopic (exact) mass is 781 g/mol. The summed E-state index contributed by atoms with van der Waals surface area (Å²) in [5.74, 6) is 2.33. The standard InChI is InChI=1S/C54H31N5O2/c1-2-12-35(13-3-1)54-55-43-28-30-47-49(50(43)61-54)48-42-31-36(22-21-33(42)25-29-46(48)60-47)52-56-51(57-53(58-52)41-18-10-14-32-11-4-5-15-38(32)41)34-23-26-37(27-24-34)59-44-19-8-6-16-39(44)40-17-7-9-20-45(40)59/h1-31H. The Morgan fingerprint density at radius 1 is 0.377 bits per heavy atom. The van der Waals surface area contributed by atoms with Crippen LogP contribution < -0.4 is 0 Å². The number of hydrogen-bond acceptors (Lipinski definition) is 6. The lowest BCUT2D eigenvalue weighted by molar-refractivity contribution is 0.622. The molecular formula is C54H31N5O2. The first-order chi connectivity index (χ1) is 30.2. The van der Waals surface area contributed by atoms with Crippen LogP contribution in [0.4, 0.5) is 0 Å². The average Bonchev–Trinajstić information content (AvgIpc) is 4.04. The van der Waals surface area contributed by atoms with E-state index in [1.54, 1.807) is 0 Å². The van der Waals surface area contributed by atoms with Crippen molar-refractivity contribution in [3.05, 3.63) is 188 Å². The summed E-state index contributed by atoms with van der Waals surface area (Å²) in [5, 5.41) is 8.55. The lowest BCUT2D eigenvalue weighted by Gasteiger charge is -2.12. The molecule has 4 aromatic heterocycles. The van der Waals surface area contributed by atoms with E-state index in [1.165, 1.54) is 10.8 Å². The fourth-order valence-corrected chi connectivity index (χ4v) is 9.04. The van der Waals surface area contributed by atoms with Crippen LogP contribution in [0.5, 0.6) is 0 Å². The molecule has 7 nitrogen and oxygen atoms in total. The lowest BCUT2D eigenvalue weighted by Crippen LogP contribution is -2.01. The Labute approximate surface area is 347 Å². The maximum absolute atomic E-state index is 6.53. The third kappa shape index (κ3) is 5.24. The molecule has 0 aliphatic carbocycles. The second-order valence-electron chi connectivity index (χ2n) is 15.4. The van der Waals surface area contributed by atoms with Crippen LogP contribution in [0.25, 0.3) is 128 Å². The second kappa shape index (κ2) is 13.0. The molecule has 0 N–H and O–H groups in total. The Hall–Kier alpha value is -8.42. The fraction of sp³-hybridized carbons (Fsp3) is 0. The van der Waals surface area contributed by atoms with Gasteiger partial charge in [-0.25, -0.2) is 19.9 Å². The predicted molar refractivity (Wildman–Crippen MR) is 246 cm³/mol. The summed E-state index contributed by atoms with van der Waals surface area (Å²) in [5.41, 5.74) is 9.95. The van der Waals surface area contributed by atoms with E-state index in [2.05, 4.69) is 144 Å². The average molecular weight is 782 g/mol. The van der Waals surface area contributed by atoms with Crippen molar-refractivity contribution in [2.45, 2.75) is 0 Å². The van der Waals surface area contributed by atoms with Crippen molar-refractivity contribution >= 4 is 76.4 Å². The number of rotatable bonds is 5. The van der Waals surface area contributed by atoms with Crippen LogP contribution in [-0.2, 0) is 0 Å². The summed E-state index contributed by atoms with van der Waals surface area (Å²) in [6.45, 7) is 0. The van der Waals surface area contributed by atoms with Crippen molar-refractivity contribution in [2.75, 3.05) is 0 Å². The molecular weight excluding hydrogens is 751 g/mol. The molecule has 13 aromatic rings. The first-order valence-electron chi connectivity index (χ1n) is 20.3. The van der Waals surface area contributed by atoms with Crippen LogP contribution in [0.3, 0.4) is 0 Å². The molecule has 0 unspecified atom stereocenters. The zero-order valence-electron chi connectivity index (χ0n) is 32.5. The van der Waals surface area contributed by atoms with Crippen LogP contribution in [-0.4, -0.2) is 24.5 Å². The van der Waals surface area contributed by atoms with Gasteiger partial charge in [-0.15, -0.1) is 0 Å². The van der Waals surface area contributed by atoms with Crippen molar-refractivity contribution < 1.29 is 8.83 Å². The predicted octanol–water partition coefficient (Wildman–Crippen LogP) is 14.0. The van der Waals surface area contributed by atoms with Crippen LogP contribution in [0.1, 0.15) is 0 Å². The quantitative estimate of drug-likeness (QED) is 0.173. The van der Waals surface area contributed by atoms with Crippen LogP contribution >= 0.6 is 0 Å². The zero-order valence-corrected chi connectivity index (χ0v) is 32.5. The summed E-state index contributed by atoms with van der Waals surface area (Å²) in [7, 11) is 0. The molecule has 7 heteroatoms. The summed E-state index contributed by atoms with van der Waals surface area (Å²) in [4.78, 5) is 20.5. The van der Waals surface area contributed by atoms with Gasteiger partial charge in [0.1, 0.15) is 16.7 Å². The molecule has 0 spiro atoms. The third-order valence-corrected chi connectivity index (χ3v) is 11.9. The van der Waals surface area contributed by atoms with Gasteiger partial charge >= 0.3 is 0 Å². The van der Waals surface area contributed by atoms with Crippen molar-refractivity contribution in [3.8, 4) is 51.3 Å². The molecule has 4 heterocycles. The molecule has 0 aliphatic heterocycles. The normalized spacial score (nSPS) is 11.9. The Kier molecular flexibility index (Phi) is 7.17. The molecule has 9 aromatic carbocycles. The number of nitrogens with zero attached hydrogens (tertiary/aromatic N) is 5. The summed E-state index contributed by atoms with van der Waals surface area (Å²) < 4.78 is 15.3. The number of hydrogen-bond donors (Lipinski definition) is 0. The molecule has 61 heavy (non-hydrogen) atoms. The van der Waals surface area contributed by atoms with Gasteiger partial charge < -0.3 is 13.4 Å². The van der Waals surface area contributed by atoms with Gasteiger partial charge in [0.05, 0.1) is 16.4 Å². The summed E-state index contributed by atoms with van der Waals surface area (Å²) in [6, 6.07) is 64.7. The molecule has 0 atom stereocenters. The second-order valence-corrected chi connectivity index (χ2v) is 15.4. The first-order valence-corrected chi connectivity index (χ1v) is 20.3. The van der Waals surface area contributed by atoms with E-state index >= 15 is 0 Å². The van der Waals surface area contributed by atoms with Crippen molar-refractivity contribution in [1.82, 2.24) is 24.5 Å². The van der Waals surface area contributed by atoms with E-state index in [9.17, 15) is 0 Å². The highest BCUT2D eigenvalue weighted by molar-refractivity contribution is 6.25. The van der Waals surface area contributed by atoms with Gasteiger partial charge in [0, 0.05) is 44.1 Å². The summed E-state index contributed by atoms with van der Waals surface area (Å²) >= 11 is 0. The van der Waals surface area contributed by atoms with Crippen LogP contribution in [0.15, 0.2) is 197 Å². The maximum Gasteiger partial charge on any atom is 0.227 e. The zero-order chi connectivity index (χ0) is 40.0. The largest absolute Gasteiger partial charge is 0.456 e. The van der Waals surface area contributed by atoms with Gasteiger partial charge in [-0.1, -0.05) is 115 Å². The number of para-hydroxylation sites is 2. The van der Waals surface area contributed by atoms with Crippen molar-refractivity contribution in [2.24, 2.45) is 0 Å². The first kappa shape index (κ1) is 33.5. The molecule has 0 aliphatic rings. The van der Waals surface area contributed by atoms with Gasteiger partial charge in [0.15, 0.2) is 23.1 Å². The van der Waals surface area contributed by atoms with Gasteiger partial charge in [0.25, 0.3) is 0 Å². The number of oxazole rings is 1. The van der Waals surface area contributed by atoms with E-state index in [0.717, 1.165) is 88.0 Å². The van der Waals surface area contributed by atoms with Crippen molar-refractivity contribution in [1.29, 1.82) is 0 Å². The van der Waals surface area contributed by atoms with Crippen LogP contribution in [0, 0.1) is 0 Å². The molecule has 0 radical (unpaired) electrons. The minimum Gasteiger partial charge on any atom is -0.456 e. The highest BCUT2D eigenvalue weighted by atomic mass is 16.4. The number of benzene rings is 9. The topological polar surface area (TPSA) is 82.8 Å². The number of aromatic nitrogens is 5. The smallest absolute Gasteiger partial charge is 0.227 e. The Bertz CT molecular complexity index is 3820. The van der Waals surface area contributed by atoms with E-state index in [4.69, 9.17) is 28.8 Å². The number of furan rings is 1. The van der Waals surface area contributed by atoms with Gasteiger partial charge in [-0.2, -0.15) is 0 Å². The molecule has 0 amide bonds. The molecule has 0 fully saturated rings. The SMILES string of the molecule is c1ccc(-c2nc3ccc4oc5ccc6ccc(-c7nc(-c8ccc(-n9c%10ccccc%10c%10ccccc%109)cc8)nc(-c8cccc9ccccc89)n7)cc6c5c4c3o2)cc1. The fourth-order valence-electron chi connectivity index (χ4n) is 9.04. The van der Waals surface area contributed by atoms with Crippen molar-refractivity contribution in [3.63, 3.8) is 0 Å². The molecule has 0 saturated heterocycles. The van der Waals surface area contributed by atoms with Crippen LogP contribution in [0.2, 0.25) is 0 Å². The summed E-state index contributed by atoms with van der Waals surface area (Å²) in [6.07, 6.45) is 0. The highest BCUT2D eigenvalue weighted by Crippen LogP contribution is 2.41. The molecule has 284 valence electrons. The minimum absolute atomic E-state index is 0.570. The van der Waals surface area contributed by atoms with Gasteiger partial charge in [0.2, 0.25) is 5.89 Å². The van der Waals surface area contributed by atoms with E-state index in [1.807, 2.05) is 48.5 Å². The Morgan fingerprint density at radius 3 is 1.79 bits per heavy atom. The molecule has 13 rings (SSSR count). The lowest BCUT2D eigenvalue weighted by atomic mass is 10.0. The third-order valence-electron chi connectivity index (χ3n) is 11.9. The van der Waals surface area contributed by atoms with E-state index < -0.39 is 0 Å². The number of fused-ring (bicyclic) bond motifs is 11. The van der Waals surface area contributed by atoms with Gasteiger partial charge in [-0.05, 0) is 94.3 Å². The molecule has 0 saturated carbocycles. The maximum atomic E-state index is 6.53. The Morgan fingerprint density at radius 2 is 0.984 bits per heavy atom. The highest BCUT2D eigenvalue weighted by Gasteiger charge is 2.21. The molecule has 0 bridgehead atoms.